The normalized spacial score (nSPS) is 15.9. The molecular weight excluding hydrogens is 419 g/mol. The summed E-state index contributed by atoms with van der Waals surface area (Å²) in [6.45, 7) is 14.3. The number of benzene rings is 1. The van der Waals surface area contributed by atoms with Gasteiger partial charge in [-0.2, -0.15) is 0 Å². The maximum Gasteiger partial charge on any atom is 0.181 e. The topological polar surface area (TPSA) is 62.3 Å². The lowest BCUT2D eigenvalue weighted by molar-refractivity contribution is 0.0965. The summed E-state index contributed by atoms with van der Waals surface area (Å²) in [4.78, 5) is 28.0. The molecule has 4 nitrogen and oxygen atoms in total. The Labute approximate surface area is 188 Å². The lowest BCUT2D eigenvalue weighted by atomic mass is 9.75. The number of hydrogen-bond acceptors (Lipinski definition) is 3. The molecule has 2 aromatic rings. The zero-order valence-electron chi connectivity index (χ0n) is 18.8. The molecule has 0 atom stereocenters. The molecule has 1 aromatic heterocycles. The van der Waals surface area contributed by atoms with Crippen molar-refractivity contribution in [2.45, 2.75) is 84.0 Å². The molecule has 0 unspecified atom stereocenters. The summed E-state index contributed by atoms with van der Waals surface area (Å²) in [6.07, 6.45) is 2.19. The van der Waals surface area contributed by atoms with Gasteiger partial charge in [0, 0.05) is 17.5 Å². The van der Waals surface area contributed by atoms with Gasteiger partial charge in [0.2, 0.25) is 0 Å². The Morgan fingerprint density at radius 1 is 1.03 bits per heavy atom. The standard InChI is InChI=1S/C24H30Cl2N2O2/c1-13-18(25)19(26)21(27-13)17(29)12-24(8-9-24)14-10-15(22(2,3)4)20(28-30)16(11-14)23(5,6)7/h10-11,27H,8-9,12H2,1-7H3. The highest BCUT2D eigenvalue weighted by Gasteiger charge is 2.47. The lowest BCUT2D eigenvalue weighted by Crippen LogP contribution is -2.21. The highest BCUT2D eigenvalue weighted by Crippen LogP contribution is 2.54. The second-order valence-corrected chi connectivity index (χ2v) is 11.4. The predicted molar refractivity (Wildman–Crippen MR) is 125 cm³/mol. The molecular formula is C24H30Cl2N2O2. The van der Waals surface area contributed by atoms with E-state index in [9.17, 15) is 9.70 Å². The van der Waals surface area contributed by atoms with Crippen molar-refractivity contribution < 1.29 is 4.79 Å². The number of carbonyl (C=O) groups excluding carboxylic acids is 1. The Morgan fingerprint density at radius 2 is 1.53 bits per heavy atom. The molecule has 0 spiro atoms. The first-order valence-electron chi connectivity index (χ1n) is 10.3. The van der Waals surface area contributed by atoms with Crippen LogP contribution in [0.25, 0.3) is 0 Å². The van der Waals surface area contributed by atoms with Crippen molar-refractivity contribution in [1.82, 2.24) is 4.98 Å². The molecule has 0 bridgehead atoms. The van der Waals surface area contributed by atoms with Crippen molar-refractivity contribution >= 4 is 34.7 Å². The monoisotopic (exact) mass is 448 g/mol. The molecule has 0 aliphatic heterocycles. The van der Waals surface area contributed by atoms with Crippen LogP contribution in [0.1, 0.15) is 93.7 Å². The molecule has 0 saturated heterocycles. The number of halogens is 2. The van der Waals surface area contributed by atoms with E-state index in [4.69, 9.17) is 23.2 Å². The first-order valence-corrected chi connectivity index (χ1v) is 11.1. The maximum absolute atomic E-state index is 13.1. The van der Waals surface area contributed by atoms with E-state index < -0.39 is 0 Å². The smallest absolute Gasteiger partial charge is 0.181 e. The first-order chi connectivity index (χ1) is 13.7. The molecule has 162 valence electrons. The van der Waals surface area contributed by atoms with Gasteiger partial charge < -0.3 is 4.98 Å². The maximum atomic E-state index is 13.1. The van der Waals surface area contributed by atoms with Crippen LogP contribution in [0.4, 0.5) is 5.69 Å². The molecule has 3 rings (SSSR count). The fourth-order valence-corrected chi connectivity index (χ4v) is 4.50. The quantitative estimate of drug-likeness (QED) is 0.372. The number of nitroso groups, excluding NO2 is 1. The fraction of sp³-hybridized carbons (Fsp3) is 0.542. The minimum Gasteiger partial charge on any atom is -0.354 e. The number of ketones is 1. The third kappa shape index (κ3) is 4.09. The van der Waals surface area contributed by atoms with Gasteiger partial charge in [0.05, 0.1) is 10.0 Å². The fourth-order valence-electron chi connectivity index (χ4n) is 4.06. The molecule has 6 heteroatoms. The molecule has 1 N–H and O–H groups in total. The Hall–Kier alpha value is -1.65. The van der Waals surface area contributed by atoms with Crippen molar-refractivity contribution in [3.05, 3.63) is 55.2 Å². The van der Waals surface area contributed by atoms with Gasteiger partial charge >= 0.3 is 0 Å². The predicted octanol–water partition coefficient (Wildman–Crippen LogP) is 7.93. The lowest BCUT2D eigenvalue weighted by Gasteiger charge is -2.29. The van der Waals surface area contributed by atoms with Crippen molar-refractivity contribution in [3.8, 4) is 0 Å². The molecule has 1 heterocycles. The van der Waals surface area contributed by atoms with E-state index in [0.717, 1.165) is 29.5 Å². The minimum atomic E-state index is -0.243. The zero-order chi connectivity index (χ0) is 22.6. The number of nitrogens with zero attached hydrogens (tertiary/aromatic N) is 1. The summed E-state index contributed by atoms with van der Waals surface area (Å²) in [5, 5.41) is 4.12. The number of H-pyrrole nitrogens is 1. The molecule has 0 amide bonds. The molecule has 0 radical (unpaired) electrons. The second-order valence-electron chi connectivity index (χ2n) is 10.6. The van der Waals surface area contributed by atoms with Crippen LogP contribution in [0, 0.1) is 11.8 Å². The number of nitrogens with one attached hydrogen (secondary N) is 1. The number of aryl methyl sites for hydroxylation is 1. The molecule has 1 aliphatic rings. The summed E-state index contributed by atoms with van der Waals surface area (Å²) in [5.41, 5.74) is 3.82. The van der Waals surface area contributed by atoms with Gasteiger partial charge in [-0.25, -0.2) is 0 Å². The van der Waals surface area contributed by atoms with Gasteiger partial charge in [-0.1, -0.05) is 76.9 Å². The third-order valence-corrected chi connectivity index (χ3v) is 7.06. The van der Waals surface area contributed by atoms with Crippen molar-refractivity contribution in [2.24, 2.45) is 5.18 Å². The van der Waals surface area contributed by atoms with Crippen LogP contribution in [0.3, 0.4) is 0 Å². The zero-order valence-corrected chi connectivity index (χ0v) is 20.3. The Morgan fingerprint density at radius 3 is 1.87 bits per heavy atom. The highest BCUT2D eigenvalue weighted by molar-refractivity contribution is 6.44. The van der Waals surface area contributed by atoms with E-state index in [0.29, 0.717) is 33.5 Å². The van der Waals surface area contributed by atoms with Crippen LogP contribution in [-0.4, -0.2) is 10.8 Å². The second kappa shape index (κ2) is 7.49. The summed E-state index contributed by atoms with van der Waals surface area (Å²) in [5.74, 6) is -0.0419. The van der Waals surface area contributed by atoms with Crippen molar-refractivity contribution in [3.63, 3.8) is 0 Å². The van der Waals surface area contributed by atoms with E-state index in [1.807, 2.05) is 0 Å². The van der Waals surface area contributed by atoms with E-state index >= 15 is 0 Å². The summed E-state index contributed by atoms with van der Waals surface area (Å²) >= 11 is 12.4. The Kier molecular flexibility index (Phi) is 5.75. The van der Waals surface area contributed by atoms with Gasteiger partial charge in [0.25, 0.3) is 0 Å². The highest BCUT2D eigenvalue weighted by atomic mass is 35.5. The minimum absolute atomic E-state index is 0.0419. The van der Waals surface area contributed by atoms with Gasteiger partial charge in [0.1, 0.15) is 11.4 Å². The number of rotatable bonds is 5. The van der Waals surface area contributed by atoms with E-state index in [-0.39, 0.29) is 22.0 Å². The van der Waals surface area contributed by atoms with Gasteiger partial charge in [-0.15, -0.1) is 4.91 Å². The van der Waals surface area contributed by atoms with Crippen LogP contribution < -0.4 is 0 Å². The Bertz CT molecular complexity index is 984. The van der Waals surface area contributed by atoms with Crippen molar-refractivity contribution in [2.75, 3.05) is 0 Å². The molecule has 1 aliphatic carbocycles. The Balaban J connectivity index is 2.09. The van der Waals surface area contributed by atoms with Crippen LogP contribution in [-0.2, 0) is 16.2 Å². The summed E-state index contributed by atoms with van der Waals surface area (Å²) in [6, 6.07) is 4.17. The number of hydrogen-bond donors (Lipinski definition) is 1. The first kappa shape index (κ1) is 23.0. The summed E-state index contributed by atoms with van der Waals surface area (Å²) < 4.78 is 0. The molecule has 1 saturated carbocycles. The molecule has 1 fully saturated rings. The van der Waals surface area contributed by atoms with Crippen LogP contribution in [0.15, 0.2) is 17.3 Å². The van der Waals surface area contributed by atoms with Crippen LogP contribution in [0.2, 0.25) is 10.0 Å². The number of aromatic amines is 1. The number of carbonyl (C=O) groups is 1. The number of aromatic nitrogens is 1. The third-order valence-electron chi connectivity index (χ3n) is 6.11. The van der Waals surface area contributed by atoms with Gasteiger partial charge in [0.15, 0.2) is 5.78 Å². The van der Waals surface area contributed by atoms with Gasteiger partial charge in [-0.05, 0) is 52.5 Å². The van der Waals surface area contributed by atoms with E-state index in [1.165, 1.54) is 0 Å². The van der Waals surface area contributed by atoms with E-state index in [1.54, 1.807) is 6.92 Å². The SMILES string of the molecule is Cc1[nH]c(C(=O)CC2(c3cc(C(C)(C)C)c(N=O)c(C(C)(C)C)c3)CC2)c(Cl)c1Cl. The van der Waals surface area contributed by atoms with Crippen LogP contribution >= 0.6 is 23.2 Å². The average Bonchev–Trinajstić information content (AvgIpc) is 3.37. The number of Topliss-reactive ketones (excluding diaryl/α,β-unsaturated/α-hetero) is 1. The largest absolute Gasteiger partial charge is 0.354 e. The summed E-state index contributed by atoms with van der Waals surface area (Å²) in [7, 11) is 0. The van der Waals surface area contributed by atoms with Gasteiger partial charge in [-0.3, -0.25) is 4.79 Å². The van der Waals surface area contributed by atoms with Crippen LogP contribution in [0.5, 0.6) is 0 Å². The molecule has 1 aromatic carbocycles. The average molecular weight is 449 g/mol. The van der Waals surface area contributed by atoms with Crippen molar-refractivity contribution in [1.29, 1.82) is 0 Å². The van der Waals surface area contributed by atoms with E-state index in [2.05, 4.69) is 63.8 Å². The molecule has 30 heavy (non-hydrogen) atoms.